The van der Waals surface area contributed by atoms with E-state index in [9.17, 15) is 19.2 Å². The molecule has 0 spiro atoms. The van der Waals surface area contributed by atoms with Gasteiger partial charge in [-0.05, 0) is 25.0 Å². The molecule has 0 aliphatic carbocycles. The SMILES string of the molecule is C#CC[C@](C=O)(CN[C@H](C=O)C[C@@H]1CCNC1=O)NC(=O)c1cc2ccccc2[nH]1. The lowest BCUT2D eigenvalue weighted by Crippen LogP contribution is -2.57. The molecule has 2 heterocycles. The molecule has 156 valence electrons. The summed E-state index contributed by atoms with van der Waals surface area (Å²) in [4.78, 5) is 51.0. The van der Waals surface area contributed by atoms with Gasteiger partial charge in [-0.2, -0.15) is 0 Å². The lowest BCUT2D eigenvalue weighted by atomic mass is 9.94. The third-order valence-electron chi connectivity index (χ3n) is 5.33. The first-order valence-electron chi connectivity index (χ1n) is 9.76. The highest BCUT2D eigenvalue weighted by Gasteiger charge is 2.34. The molecule has 1 aliphatic rings. The molecule has 1 aromatic carbocycles. The van der Waals surface area contributed by atoms with Gasteiger partial charge < -0.3 is 30.5 Å². The number of hydrogen-bond acceptors (Lipinski definition) is 5. The van der Waals surface area contributed by atoms with E-state index >= 15 is 0 Å². The van der Waals surface area contributed by atoms with Crippen LogP contribution in [0.5, 0.6) is 0 Å². The lowest BCUT2D eigenvalue weighted by molar-refractivity contribution is -0.123. The van der Waals surface area contributed by atoms with Crippen LogP contribution in [-0.4, -0.2) is 54.0 Å². The number of aldehydes is 2. The summed E-state index contributed by atoms with van der Waals surface area (Å²) in [7, 11) is 0. The van der Waals surface area contributed by atoms with Crippen molar-refractivity contribution in [1.29, 1.82) is 0 Å². The molecule has 0 radical (unpaired) electrons. The van der Waals surface area contributed by atoms with E-state index in [2.05, 4.69) is 26.9 Å². The second-order valence-corrected chi connectivity index (χ2v) is 7.52. The molecule has 0 unspecified atom stereocenters. The van der Waals surface area contributed by atoms with Crippen molar-refractivity contribution in [1.82, 2.24) is 20.9 Å². The van der Waals surface area contributed by atoms with E-state index in [1.54, 1.807) is 6.07 Å². The van der Waals surface area contributed by atoms with Crippen LogP contribution in [0, 0.1) is 18.3 Å². The molecule has 1 aliphatic heterocycles. The largest absolute Gasteiger partial charge is 0.356 e. The molecule has 1 saturated heterocycles. The number of hydrogen-bond donors (Lipinski definition) is 4. The van der Waals surface area contributed by atoms with Gasteiger partial charge in [-0.1, -0.05) is 18.2 Å². The Labute approximate surface area is 174 Å². The minimum absolute atomic E-state index is 0.0373. The Kier molecular flexibility index (Phi) is 6.65. The maximum absolute atomic E-state index is 12.8. The second-order valence-electron chi connectivity index (χ2n) is 7.52. The van der Waals surface area contributed by atoms with Crippen LogP contribution < -0.4 is 16.0 Å². The standard InChI is InChI=1S/C22H24N4O4/c1-2-8-22(14-28,13-24-17(12-27)10-16-7-9-23-20(16)29)26-21(30)19-11-15-5-3-4-6-18(15)25-19/h1,3-6,11-12,14,16-17,24-25H,7-10,13H2,(H,23,29)(H,26,30)/t16-,17-,22+/m0/s1. The Hall–Kier alpha value is -3.44. The van der Waals surface area contributed by atoms with Gasteiger partial charge in [0.2, 0.25) is 5.91 Å². The zero-order chi connectivity index (χ0) is 21.6. The highest BCUT2D eigenvalue weighted by Crippen LogP contribution is 2.18. The van der Waals surface area contributed by atoms with E-state index in [4.69, 9.17) is 6.42 Å². The molecule has 0 saturated carbocycles. The van der Waals surface area contributed by atoms with Crippen molar-refractivity contribution in [3.8, 4) is 12.3 Å². The van der Waals surface area contributed by atoms with Gasteiger partial charge in [-0.15, -0.1) is 12.3 Å². The number of H-pyrrole nitrogens is 1. The first-order chi connectivity index (χ1) is 14.5. The Balaban J connectivity index is 1.70. The zero-order valence-corrected chi connectivity index (χ0v) is 16.4. The minimum Gasteiger partial charge on any atom is -0.356 e. The molecule has 8 heteroatoms. The fourth-order valence-corrected chi connectivity index (χ4v) is 3.61. The van der Waals surface area contributed by atoms with Crippen molar-refractivity contribution in [2.45, 2.75) is 30.8 Å². The molecule has 4 N–H and O–H groups in total. The first-order valence-corrected chi connectivity index (χ1v) is 9.76. The predicted octanol–water partition coefficient (Wildman–Crippen LogP) is 0.542. The number of carbonyl (C=O) groups is 4. The molecule has 30 heavy (non-hydrogen) atoms. The van der Waals surface area contributed by atoms with Crippen LogP contribution in [0.3, 0.4) is 0 Å². The van der Waals surface area contributed by atoms with E-state index in [0.29, 0.717) is 37.7 Å². The van der Waals surface area contributed by atoms with Gasteiger partial charge in [-0.25, -0.2) is 0 Å². The van der Waals surface area contributed by atoms with Crippen molar-refractivity contribution >= 4 is 35.3 Å². The van der Waals surface area contributed by atoms with Crippen molar-refractivity contribution in [2.75, 3.05) is 13.1 Å². The quantitative estimate of drug-likeness (QED) is 0.338. The number of amides is 2. The number of fused-ring (bicyclic) bond motifs is 1. The number of aromatic amines is 1. The third kappa shape index (κ3) is 4.75. The minimum atomic E-state index is -1.39. The molecule has 2 aromatic rings. The molecule has 3 rings (SSSR count). The number of carbonyl (C=O) groups excluding carboxylic acids is 4. The Morgan fingerprint density at radius 2 is 2.17 bits per heavy atom. The van der Waals surface area contributed by atoms with E-state index in [1.807, 2.05) is 24.3 Å². The Bertz CT molecular complexity index is 959. The molecule has 1 aromatic heterocycles. The lowest BCUT2D eigenvalue weighted by Gasteiger charge is -2.29. The van der Waals surface area contributed by atoms with Gasteiger partial charge in [0, 0.05) is 36.3 Å². The van der Waals surface area contributed by atoms with Crippen molar-refractivity contribution < 1.29 is 19.2 Å². The molecular weight excluding hydrogens is 384 g/mol. The summed E-state index contributed by atoms with van der Waals surface area (Å²) in [6, 6.07) is 8.47. The Morgan fingerprint density at radius 1 is 1.37 bits per heavy atom. The summed E-state index contributed by atoms with van der Waals surface area (Å²) in [5.74, 6) is 1.60. The van der Waals surface area contributed by atoms with Crippen LogP contribution in [0.25, 0.3) is 10.9 Å². The summed E-state index contributed by atoms with van der Waals surface area (Å²) in [5.41, 5.74) is -0.290. The van der Waals surface area contributed by atoms with Gasteiger partial charge in [0.25, 0.3) is 5.91 Å². The van der Waals surface area contributed by atoms with Gasteiger partial charge in [0.1, 0.15) is 23.8 Å². The maximum atomic E-state index is 12.8. The normalized spacial score (nSPS) is 18.8. The summed E-state index contributed by atoms with van der Waals surface area (Å²) < 4.78 is 0. The highest BCUT2D eigenvalue weighted by molar-refractivity contribution is 5.99. The summed E-state index contributed by atoms with van der Waals surface area (Å²) in [6.07, 6.45) is 7.65. The average molecular weight is 408 g/mol. The van der Waals surface area contributed by atoms with Crippen molar-refractivity contribution in [3.05, 3.63) is 36.0 Å². The number of aromatic nitrogens is 1. The third-order valence-corrected chi connectivity index (χ3v) is 5.33. The van der Waals surface area contributed by atoms with Crippen molar-refractivity contribution in [3.63, 3.8) is 0 Å². The van der Waals surface area contributed by atoms with Crippen LogP contribution in [0.1, 0.15) is 29.8 Å². The molecule has 1 fully saturated rings. The molecular formula is C22H24N4O4. The summed E-state index contributed by atoms with van der Waals surface area (Å²) >= 11 is 0. The number of benzene rings is 1. The summed E-state index contributed by atoms with van der Waals surface area (Å²) in [6.45, 7) is 0.551. The first kappa shape index (κ1) is 21.3. The number of nitrogens with one attached hydrogen (secondary N) is 4. The Morgan fingerprint density at radius 3 is 2.80 bits per heavy atom. The highest BCUT2D eigenvalue weighted by atomic mass is 16.2. The van der Waals surface area contributed by atoms with Gasteiger partial charge in [-0.3, -0.25) is 9.59 Å². The second kappa shape index (κ2) is 9.37. The van der Waals surface area contributed by atoms with Crippen LogP contribution >= 0.6 is 0 Å². The fourth-order valence-electron chi connectivity index (χ4n) is 3.61. The van der Waals surface area contributed by atoms with Crippen LogP contribution in [0.4, 0.5) is 0 Å². The monoisotopic (exact) mass is 408 g/mol. The predicted molar refractivity (Wildman–Crippen MR) is 112 cm³/mol. The molecule has 8 nitrogen and oxygen atoms in total. The van der Waals surface area contributed by atoms with E-state index in [-0.39, 0.29) is 24.8 Å². The average Bonchev–Trinajstić information content (AvgIpc) is 3.37. The van der Waals surface area contributed by atoms with Crippen LogP contribution in [0.2, 0.25) is 0 Å². The number of para-hydroxylation sites is 1. The van der Waals surface area contributed by atoms with Crippen LogP contribution in [-0.2, 0) is 14.4 Å². The maximum Gasteiger partial charge on any atom is 0.268 e. The topological polar surface area (TPSA) is 120 Å². The molecule has 0 bridgehead atoms. The van der Waals surface area contributed by atoms with E-state index in [0.717, 1.165) is 10.9 Å². The molecule has 3 atom stereocenters. The van der Waals surface area contributed by atoms with Gasteiger partial charge >= 0.3 is 0 Å². The fraction of sp³-hybridized carbons (Fsp3) is 0.364. The van der Waals surface area contributed by atoms with Crippen LogP contribution in [0.15, 0.2) is 30.3 Å². The number of rotatable bonds is 10. The van der Waals surface area contributed by atoms with E-state index in [1.165, 1.54) is 0 Å². The van der Waals surface area contributed by atoms with Gasteiger partial charge in [0.15, 0.2) is 0 Å². The number of terminal acetylenes is 1. The smallest absolute Gasteiger partial charge is 0.268 e. The van der Waals surface area contributed by atoms with Gasteiger partial charge in [0.05, 0.1) is 6.04 Å². The van der Waals surface area contributed by atoms with E-state index < -0.39 is 17.5 Å². The zero-order valence-electron chi connectivity index (χ0n) is 16.4. The molecule has 2 amide bonds. The summed E-state index contributed by atoms with van der Waals surface area (Å²) in [5, 5.41) is 9.28. The van der Waals surface area contributed by atoms with Crippen molar-refractivity contribution in [2.24, 2.45) is 5.92 Å².